The van der Waals surface area contributed by atoms with E-state index < -0.39 is 0 Å². The summed E-state index contributed by atoms with van der Waals surface area (Å²) < 4.78 is 11.0. The Morgan fingerprint density at radius 2 is 1.96 bits per heavy atom. The van der Waals surface area contributed by atoms with Gasteiger partial charge in [-0.1, -0.05) is 0 Å². The lowest BCUT2D eigenvalue weighted by molar-refractivity contribution is -0.136. The molecule has 7 heteroatoms. The third-order valence-corrected chi connectivity index (χ3v) is 4.54. The lowest BCUT2D eigenvalue weighted by atomic mass is 9.97. The topological polar surface area (TPSA) is 67.8 Å². The minimum Gasteiger partial charge on any atom is -0.477 e. The molecule has 2 fully saturated rings. The summed E-state index contributed by atoms with van der Waals surface area (Å²) in [4.78, 5) is 25.1. The number of rotatable bonds is 4. The summed E-state index contributed by atoms with van der Waals surface area (Å²) in [6.07, 6.45) is 5.99. The van der Waals surface area contributed by atoms with Gasteiger partial charge in [-0.25, -0.2) is 9.97 Å². The second-order valence-corrected chi connectivity index (χ2v) is 6.28. The first-order chi connectivity index (χ1) is 11.2. The van der Waals surface area contributed by atoms with Gasteiger partial charge in [0.1, 0.15) is 6.10 Å². The zero-order valence-electron chi connectivity index (χ0n) is 13.8. The Hall–Kier alpha value is -1.89. The van der Waals surface area contributed by atoms with Crippen LogP contribution in [0.15, 0.2) is 12.4 Å². The molecule has 1 aromatic heterocycles. The highest BCUT2D eigenvalue weighted by atomic mass is 16.5. The van der Waals surface area contributed by atoms with Crippen molar-refractivity contribution < 1.29 is 14.3 Å². The lowest BCUT2D eigenvalue weighted by Gasteiger charge is -2.31. The molecule has 2 saturated heterocycles. The van der Waals surface area contributed by atoms with Crippen LogP contribution < -0.4 is 9.47 Å². The molecule has 0 unspecified atom stereocenters. The van der Waals surface area contributed by atoms with Crippen LogP contribution in [-0.2, 0) is 4.79 Å². The number of aromatic nitrogens is 2. The first-order valence-corrected chi connectivity index (χ1v) is 8.16. The van der Waals surface area contributed by atoms with Crippen LogP contribution in [0.3, 0.4) is 0 Å². The van der Waals surface area contributed by atoms with E-state index in [1.165, 1.54) is 0 Å². The highest BCUT2D eigenvalue weighted by Crippen LogP contribution is 2.25. The highest BCUT2D eigenvalue weighted by Gasteiger charge is 2.33. The summed E-state index contributed by atoms with van der Waals surface area (Å²) in [6.45, 7) is 3.30. The molecule has 3 heterocycles. The predicted molar refractivity (Wildman–Crippen MR) is 84.4 cm³/mol. The lowest BCUT2D eigenvalue weighted by Crippen LogP contribution is -2.43. The van der Waals surface area contributed by atoms with Gasteiger partial charge in [-0.3, -0.25) is 4.79 Å². The summed E-state index contributed by atoms with van der Waals surface area (Å²) in [7, 11) is 3.62. The van der Waals surface area contributed by atoms with Gasteiger partial charge in [-0.2, -0.15) is 0 Å². The molecule has 3 rings (SSSR count). The zero-order valence-corrected chi connectivity index (χ0v) is 13.8. The van der Waals surface area contributed by atoms with Gasteiger partial charge >= 0.3 is 0 Å². The molecular formula is C16H24N4O3. The zero-order chi connectivity index (χ0) is 16.2. The predicted octanol–water partition coefficient (Wildman–Crippen LogP) is 0.807. The number of ether oxygens (including phenoxy) is 2. The van der Waals surface area contributed by atoms with E-state index in [9.17, 15) is 4.79 Å². The molecule has 0 radical (unpaired) electrons. The van der Waals surface area contributed by atoms with Gasteiger partial charge in [0.15, 0.2) is 0 Å². The van der Waals surface area contributed by atoms with E-state index in [1.54, 1.807) is 19.5 Å². The van der Waals surface area contributed by atoms with Crippen molar-refractivity contribution in [3.05, 3.63) is 12.4 Å². The quantitative estimate of drug-likeness (QED) is 0.818. The summed E-state index contributed by atoms with van der Waals surface area (Å²) in [6, 6.07) is 0. The van der Waals surface area contributed by atoms with Crippen LogP contribution in [0.25, 0.3) is 0 Å². The number of hydrogen-bond acceptors (Lipinski definition) is 6. The van der Waals surface area contributed by atoms with Crippen molar-refractivity contribution in [1.29, 1.82) is 0 Å². The fourth-order valence-electron chi connectivity index (χ4n) is 3.34. The van der Waals surface area contributed by atoms with E-state index in [0.29, 0.717) is 18.3 Å². The van der Waals surface area contributed by atoms with Crippen molar-refractivity contribution in [2.45, 2.75) is 25.4 Å². The van der Waals surface area contributed by atoms with E-state index >= 15 is 0 Å². The maximum absolute atomic E-state index is 12.7. The molecule has 0 bridgehead atoms. The van der Waals surface area contributed by atoms with Gasteiger partial charge in [0.2, 0.25) is 5.91 Å². The number of carbonyl (C=O) groups is 1. The number of hydrogen-bond donors (Lipinski definition) is 0. The Bertz CT molecular complexity index is 554. The van der Waals surface area contributed by atoms with E-state index in [2.05, 4.69) is 21.9 Å². The van der Waals surface area contributed by atoms with E-state index in [4.69, 9.17) is 9.47 Å². The van der Waals surface area contributed by atoms with Gasteiger partial charge in [0.25, 0.3) is 11.8 Å². The summed E-state index contributed by atoms with van der Waals surface area (Å²) in [5.41, 5.74) is 0. The number of piperidine rings is 1. The van der Waals surface area contributed by atoms with Crippen molar-refractivity contribution in [3.8, 4) is 11.8 Å². The molecule has 0 spiro atoms. The minimum atomic E-state index is -0.0501. The number of nitrogens with zero attached hydrogens (tertiary/aromatic N) is 4. The van der Waals surface area contributed by atoms with Crippen molar-refractivity contribution >= 4 is 5.91 Å². The Morgan fingerprint density at radius 1 is 1.17 bits per heavy atom. The van der Waals surface area contributed by atoms with Crippen molar-refractivity contribution in [2.75, 3.05) is 40.3 Å². The Labute approximate surface area is 136 Å². The van der Waals surface area contributed by atoms with E-state index in [0.717, 1.165) is 38.9 Å². The number of carbonyl (C=O) groups excluding carboxylic acids is 1. The van der Waals surface area contributed by atoms with E-state index in [1.807, 2.05) is 4.90 Å². The third-order valence-electron chi connectivity index (χ3n) is 4.54. The molecule has 23 heavy (non-hydrogen) atoms. The van der Waals surface area contributed by atoms with Crippen LogP contribution in [0.1, 0.15) is 19.3 Å². The Balaban J connectivity index is 1.57. The largest absolute Gasteiger partial charge is 0.477 e. The smallest absolute Gasteiger partial charge is 0.278 e. The van der Waals surface area contributed by atoms with Crippen LogP contribution in [0.4, 0.5) is 0 Å². The van der Waals surface area contributed by atoms with Gasteiger partial charge < -0.3 is 19.3 Å². The molecule has 2 aliphatic heterocycles. The third kappa shape index (κ3) is 3.72. The van der Waals surface area contributed by atoms with Crippen LogP contribution in [-0.4, -0.2) is 72.1 Å². The SMILES string of the molecule is COc1nccnc1O[C@H]1CCN(C(=O)[C@@H]2CCCN(C)C2)C1. The van der Waals surface area contributed by atoms with Crippen LogP contribution >= 0.6 is 0 Å². The highest BCUT2D eigenvalue weighted by molar-refractivity contribution is 5.79. The molecule has 0 N–H and O–H groups in total. The number of amides is 1. The number of methoxy groups -OCH3 is 1. The molecular weight excluding hydrogens is 296 g/mol. The second kappa shape index (κ2) is 7.12. The van der Waals surface area contributed by atoms with E-state index in [-0.39, 0.29) is 17.9 Å². The van der Waals surface area contributed by atoms with Gasteiger partial charge in [0.05, 0.1) is 19.6 Å². The van der Waals surface area contributed by atoms with Crippen molar-refractivity contribution in [3.63, 3.8) is 0 Å². The van der Waals surface area contributed by atoms with Crippen LogP contribution in [0, 0.1) is 5.92 Å². The Kier molecular flexibility index (Phi) is 4.95. The van der Waals surface area contributed by atoms with Crippen LogP contribution in [0.2, 0.25) is 0 Å². The van der Waals surface area contributed by atoms with Crippen LogP contribution in [0.5, 0.6) is 11.8 Å². The molecule has 0 aromatic carbocycles. The van der Waals surface area contributed by atoms with Gasteiger partial charge in [-0.15, -0.1) is 0 Å². The maximum atomic E-state index is 12.7. The summed E-state index contributed by atoms with van der Waals surface area (Å²) in [5.74, 6) is 1.16. The number of likely N-dealkylation sites (tertiary alicyclic amines) is 2. The minimum absolute atomic E-state index is 0.0501. The molecule has 0 aliphatic carbocycles. The molecule has 0 saturated carbocycles. The normalized spacial score (nSPS) is 25.4. The van der Waals surface area contributed by atoms with Gasteiger partial charge in [0, 0.05) is 31.9 Å². The first-order valence-electron chi connectivity index (χ1n) is 8.16. The molecule has 2 aliphatic rings. The second-order valence-electron chi connectivity index (χ2n) is 6.28. The maximum Gasteiger partial charge on any atom is 0.278 e. The fraction of sp³-hybridized carbons (Fsp3) is 0.688. The van der Waals surface area contributed by atoms with Crippen molar-refractivity contribution in [1.82, 2.24) is 19.8 Å². The Morgan fingerprint density at radius 3 is 2.70 bits per heavy atom. The first kappa shape index (κ1) is 16.0. The summed E-state index contributed by atoms with van der Waals surface area (Å²) in [5, 5.41) is 0. The molecule has 7 nitrogen and oxygen atoms in total. The summed E-state index contributed by atoms with van der Waals surface area (Å²) >= 11 is 0. The average Bonchev–Trinajstić information content (AvgIpc) is 3.03. The molecule has 126 valence electrons. The monoisotopic (exact) mass is 320 g/mol. The standard InChI is InChI=1S/C16H24N4O3/c1-19-8-3-4-12(10-19)16(21)20-9-5-13(11-20)23-15-14(22-2)17-6-7-18-15/h6-7,12-13H,3-5,8-11H2,1-2H3/t12-,13+/m1/s1. The molecule has 2 atom stereocenters. The van der Waals surface area contributed by atoms with Crippen molar-refractivity contribution in [2.24, 2.45) is 5.92 Å². The fourth-order valence-corrected chi connectivity index (χ4v) is 3.34. The molecule has 1 amide bonds. The molecule has 1 aromatic rings. The van der Waals surface area contributed by atoms with Gasteiger partial charge in [-0.05, 0) is 26.4 Å². The average molecular weight is 320 g/mol.